The number of anilines is 1. The van der Waals surface area contributed by atoms with Gasteiger partial charge in [-0.05, 0) is 76.4 Å². The first kappa shape index (κ1) is 36.5. The molecule has 0 spiro atoms. The molecule has 12 nitrogen and oxygen atoms in total. The summed E-state index contributed by atoms with van der Waals surface area (Å²) in [6, 6.07) is 8.95. The topological polar surface area (TPSA) is 164 Å². The van der Waals surface area contributed by atoms with Gasteiger partial charge in [-0.2, -0.15) is 13.2 Å². The van der Waals surface area contributed by atoms with E-state index in [-0.39, 0.29) is 64.3 Å². The van der Waals surface area contributed by atoms with Gasteiger partial charge in [0.05, 0.1) is 34.0 Å². The minimum Gasteiger partial charge on any atom is -0.504 e. The van der Waals surface area contributed by atoms with Crippen molar-refractivity contribution in [1.82, 2.24) is 24.4 Å². The minimum absolute atomic E-state index is 0.0309. The zero-order valence-electron chi connectivity index (χ0n) is 28.5. The molecule has 52 heavy (non-hydrogen) atoms. The summed E-state index contributed by atoms with van der Waals surface area (Å²) < 4.78 is 47.2. The summed E-state index contributed by atoms with van der Waals surface area (Å²) in [7, 11) is 0. The van der Waals surface area contributed by atoms with Crippen molar-refractivity contribution < 1.29 is 37.4 Å². The van der Waals surface area contributed by atoms with Gasteiger partial charge in [0, 0.05) is 36.0 Å². The lowest BCUT2D eigenvalue weighted by molar-refractivity contribution is -0.137. The minimum atomic E-state index is -4.62. The van der Waals surface area contributed by atoms with Crippen LogP contribution in [0, 0.1) is 13.8 Å². The third-order valence-electron chi connectivity index (χ3n) is 9.19. The molecule has 1 fully saturated rings. The van der Waals surface area contributed by atoms with Gasteiger partial charge in [0.1, 0.15) is 11.8 Å². The summed E-state index contributed by atoms with van der Waals surface area (Å²) in [5.74, 6) is -1.31. The van der Waals surface area contributed by atoms with E-state index < -0.39 is 40.8 Å². The number of aromatic hydroxyl groups is 1. The Hall–Kier alpha value is -5.28. The maximum atomic E-state index is 14.1. The lowest BCUT2D eigenvalue weighted by Gasteiger charge is -2.34. The fourth-order valence-electron chi connectivity index (χ4n) is 6.29. The molecule has 0 atom stereocenters. The number of carbonyl (C=O) groups is 2. The van der Waals surface area contributed by atoms with E-state index in [1.54, 1.807) is 52.0 Å². The van der Waals surface area contributed by atoms with Crippen molar-refractivity contribution in [3.05, 3.63) is 97.9 Å². The molecular formula is C36H34ClF3N6O6. The molecule has 2 amide bonds. The number of fused-ring (bicyclic) bond motifs is 1. The van der Waals surface area contributed by atoms with Gasteiger partial charge in [0.15, 0.2) is 11.4 Å². The molecule has 0 unspecified atom stereocenters. The standard InChI is InChI=1S/C36H34ClF3N6O6/c1-18-30(48)29(42-17-41-18)33(49)45-13-11-23(12-14-45)46-19(2)24(16-27(47)43-26-10-9-22(15-25(26)37)36(38,39)40)28-31(34(46)50)52-32(44-28)20-5-7-21(8-6-20)35(3,4)51/h5-10,15,17,23,48,51H,11-14,16H2,1-4H3,(H,43,47). The molecule has 1 aliphatic heterocycles. The van der Waals surface area contributed by atoms with Crippen molar-refractivity contribution in [2.24, 2.45) is 0 Å². The molecule has 1 saturated heterocycles. The normalized spacial score (nSPS) is 14.2. The van der Waals surface area contributed by atoms with Gasteiger partial charge < -0.3 is 29.4 Å². The average Bonchev–Trinajstić information content (AvgIpc) is 3.54. The van der Waals surface area contributed by atoms with Crippen LogP contribution in [-0.4, -0.2) is 59.5 Å². The number of aromatic nitrogens is 4. The molecular weight excluding hydrogens is 705 g/mol. The zero-order chi connectivity index (χ0) is 37.7. The molecule has 0 aliphatic carbocycles. The molecule has 0 radical (unpaired) electrons. The van der Waals surface area contributed by atoms with Gasteiger partial charge in [-0.15, -0.1) is 0 Å². The van der Waals surface area contributed by atoms with Crippen LogP contribution in [0.2, 0.25) is 5.02 Å². The average molecular weight is 739 g/mol. The highest BCUT2D eigenvalue weighted by atomic mass is 35.5. The molecule has 6 rings (SSSR count). The number of rotatable bonds is 7. The summed E-state index contributed by atoms with van der Waals surface area (Å²) in [4.78, 5) is 54.8. The molecule has 2 aromatic carbocycles. The summed E-state index contributed by atoms with van der Waals surface area (Å²) >= 11 is 6.10. The fourth-order valence-corrected chi connectivity index (χ4v) is 6.52. The second kappa shape index (κ2) is 13.7. The number of hydrogen-bond donors (Lipinski definition) is 3. The number of alkyl halides is 3. The van der Waals surface area contributed by atoms with Crippen molar-refractivity contribution in [2.75, 3.05) is 18.4 Å². The van der Waals surface area contributed by atoms with Gasteiger partial charge >= 0.3 is 6.18 Å². The zero-order valence-corrected chi connectivity index (χ0v) is 29.3. The quantitative estimate of drug-likeness (QED) is 0.173. The molecule has 1 aliphatic rings. The first-order chi connectivity index (χ1) is 24.4. The van der Waals surface area contributed by atoms with Gasteiger partial charge in [0.2, 0.25) is 17.4 Å². The number of amides is 2. The maximum Gasteiger partial charge on any atom is 0.416 e. The summed E-state index contributed by atoms with van der Waals surface area (Å²) in [6.45, 7) is 6.97. The van der Waals surface area contributed by atoms with Gasteiger partial charge in [-0.25, -0.2) is 15.0 Å². The van der Waals surface area contributed by atoms with Crippen molar-refractivity contribution in [2.45, 2.75) is 64.8 Å². The summed E-state index contributed by atoms with van der Waals surface area (Å²) in [5, 5.41) is 23.0. The van der Waals surface area contributed by atoms with E-state index in [4.69, 9.17) is 16.0 Å². The number of likely N-dealkylation sites (tertiary alicyclic amines) is 1. The van der Waals surface area contributed by atoms with E-state index in [1.165, 1.54) is 15.8 Å². The van der Waals surface area contributed by atoms with Crippen LogP contribution in [0.1, 0.15) is 71.3 Å². The Kier molecular flexibility index (Phi) is 9.61. The number of benzene rings is 2. The number of hydrogen-bond acceptors (Lipinski definition) is 9. The Morgan fingerprint density at radius 3 is 2.31 bits per heavy atom. The Bertz CT molecular complexity index is 2250. The van der Waals surface area contributed by atoms with Gasteiger partial charge in [-0.3, -0.25) is 14.4 Å². The van der Waals surface area contributed by atoms with Crippen molar-refractivity contribution in [3.63, 3.8) is 0 Å². The number of piperidine rings is 1. The van der Waals surface area contributed by atoms with Gasteiger partial charge in [0.25, 0.3) is 11.5 Å². The number of oxazole rings is 1. The van der Waals surface area contributed by atoms with E-state index in [0.717, 1.165) is 18.2 Å². The van der Waals surface area contributed by atoms with E-state index in [0.29, 0.717) is 35.2 Å². The van der Waals surface area contributed by atoms with Crippen LogP contribution in [0.15, 0.2) is 58.0 Å². The second-order valence-corrected chi connectivity index (χ2v) is 13.6. The van der Waals surface area contributed by atoms with Gasteiger partial charge in [-0.1, -0.05) is 23.7 Å². The first-order valence-electron chi connectivity index (χ1n) is 16.3. The fraction of sp³-hybridized carbons (Fsp3) is 0.333. The maximum absolute atomic E-state index is 14.1. The number of halogens is 4. The van der Waals surface area contributed by atoms with E-state index >= 15 is 0 Å². The third kappa shape index (κ3) is 7.10. The highest BCUT2D eigenvalue weighted by Crippen LogP contribution is 2.35. The number of carbonyl (C=O) groups excluding carboxylic acids is 2. The van der Waals surface area contributed by atoms with Crippen LogP contribution < -0.4 is 10.9 Å². The monoisotopic (exact) mass is 738 g/mol. The molecule has 4 heterocycles. The van der Waals surface area contributed by atoms with Crippen LogP contribution in [0.25, 0.3) is 22.6 Å². The van der Waals surface area contributed by atoms with Crippen molar-refractivity contribution >= 4 is 40.2 Å². The Morgan fingerprint density at radius 2 is 1.69 bits per heavy atom. The van der Waals surface area contributed by atoms with Crippen molar-refractivity contribution in [1.29, 1.82) is 0 Å². The van der Waals surface area contributed by atoms with E-state index in [1.807, 2.05) is 0 Å². The van der Waals surface area contributed by atoms with Crippen molar-refractivity contribution in [3.8, 4) is 17.2 Å². The highest BCUT2D eigenvalue weighted by Gasteiger charge is 2.33. The van der Waals surface area contributed by atoms with E-state index in [9.17, 15) is 37.8 Å². The first-order valence-corrected chi connectivity index (χ1v) is 16.7. The SMILES string of the molecule is Cc1ncnc(C(=O)N2CCC(n3c(C)c(CC(=O)Nc4ccc(C(F)(F)F)cc4Cl)c4nc(-c5ccc(C(C)(C)O)cc5)oc4c3=O)CC2)c1O. The summed E-state index contributed by atoms with van der Waals surface area (Å²) in [6.07, 6.45) is -3.08. The smallest absolute Gasteiger partial charge is 0.416 e. The molecule has 0 saturated carbocycles. The lowest BCUT2D eigenvalue weighted by atomic mass is 9.97. The largest absolute Gasteiger partial charge is 0.504 e. The molecule has 16 heteroatoms. The third-order valence-corrected chi connectivity index (χ3v) is 9.51. The van der Waals surface area contributed by atoms with Crippen LogP contribution in [0.4, 0.5) is 18.9 Å². The Labute approximate surface area is 299 Å². The molecule has 0 bridgehead atoms. The van der Waals surface area contributed by atoms with E-state index in [2.05, 4.69) is 20.3 Å². The number of nitrogens with zero attached hydrogens (tertiary/aromatic N) is 5. The lowest BCUT2D eigenvalue weighted by Crippen LogP contribution is -2.42. The summed E-state index contributed by atoms with van der Waals surface area (Å²) in [5.41, 5.74) is -0.520. The highest BCUT2D eigenvalue weighted by molar-refractivity contribution is 6.33. The number of pyridine rings is 1. The molecule has 3 aromatic heterocycles. The Balaban J connectivity index is 1.35. The molecule has 5 aromatic rings. The number of aliphatic hydroxyl groups is 1. The number of nitrogens with one attached hydrogen (secondary N) is 1. The number of aryl methyl sites for hydroxylation is 1. The van der Waals surface area contributed by atoms with Crippen LogP contribution in [0.5, 0.6) is 5.75 Å². The predicted octanol–water partition coefficient (Wildman–Crippen LogP) is 6.33. The second-order valence-electron chi connectivity index (χ2n) is 13.2. The van der Waals surface area contributed by atoms with Crippen LogP contribution in [-0.2, 0) is 23.0 Å². The molecule has 272 valence electrons. The van der Waals surface area contributed by atoms with Crippen LogP contribution >= 0.6 is 11.6 Å². The Morgan fingerprint density at radius 1 is 1.04 bits per heavy atom. The van der Waals surface area contributed by atoms with Crippen LogP contribution in [0.3, 0.4) is 0 Å². The predicted molar refractivity (Wildman–Crippen MR) is 185 cm³/mol. The molecule has 3 N–H and O–H groups in total.